The third-order valence-corrected chi connectivity index (χ3v) is 4.31. The fraction of sp³-hybridized carbons (Fsp3) is 0.357. The first kappa shape index (κ1) is 13.7. The Morgan fingerprint density at radius 3 is 2.89 bits per heavy atom. The van der Waals surface area contributed by atoms with E-state index in [1.54, 1.807) is 11.3 Å². The number of thiazole rings is 1. The van der Waals surface area contributed by atoms with Crippen molar-refractivity contribution in [1.29, 1.82) is 0 Å². The summed E-state index contributed by atoms with van der Waals surface area (Å²) in [6.45, 7) is 3.10. The van der Waals surface area contributed by atoms with E-state index >= 15 is 0 Å². The molecule has 2 rings (SSSR count). The normalized spacial score (nSPS) is 10.8. The molecule has 2 aromatic rings. The van der Waals surface area contributed by atoms with Crippen molar-refractivity contribution in [2.75, 3.05) is 7.05 Å². The highest BCUT2D eigenvalue weighted by Crippen LogP contribution is 2.30. The molecule has 4 heteroatoms. The number of hydrogen-bond donors (Lipinski definition) is 1. The number of nitrogens with zero attached hydrogens (tertiary/aromatic N) is 1. The summed E-state index contributed by atoms with van der Waals surface area (Å²) in [6, 6.07) is 8.33. The van der Waals surface area contributed by atoms with E-state index in [1.165, 1.54) is 16.1 Å². The predicted molar refractivity (Wildman–Crippen MR) is 82.0 cm³/mol. The number of nitrogens with one attached hydrogen (secondary N) is 1. The predicted octanol–water partition coefficient (Wildman–Crippen LogP) is 4.24. The van der Waals surface area contributed by atoms with Gasteiger partial charge in [-0.15, -0.1) is 11.3 Å². The highest BCUT2D eigenvalue weighted by molar-refractivity contribution is 9.10. The lowest BCUT2D eigenvalue weighted by Crippen LogP contribution is -2.05. The Labute approximate surface area is 121 Å². The van der Waals surface area contributed by atoms with Gasteiger partial charge in [0.1, 0.15) is 5.01 Å². The molecule has 0 saturated carbocycles. The highest BCUT2D eigenvalue weighted by atomic mass is 79.9. The topological polar surface area (TPSA) is 24.9 Å². The van der Waals surface area contributed by atoms with Crippen molar-refractivity contribution in [2.24, 2.45) is 0 Å². The van der Waals surface area contributed by atoms with Gasteiger partial charge in [0.15, 0.2) is 0 Å². The average molecular weight is 325 g/mol. The summed E-state index contributed by atoms with van der Waals surface area (Å²) in [7, 11) is 1.98. The zero-order valence-electron chi connectivity index (χ0n) is 10.7. The minimum absolute atomic E-state index is 0.904. The van der Waals surface area contributed by atoms with Crippen LogP contribution < -0.4 is 5.32 Å². The monoisotopic (exact) mass is 324 g/mol. The van der Waals surface area contributed by atoms with E-state index in [-0.39, 0.29) is 0 Å². The number of halogens is 1. The van der Waals surface area contributed by atoms with Crippen LogP contribution >= 0.6 is 27.3 Å². The average Bonchev–Trinajstić information content (AvgIpc) is 2.74. The summed E-state index contributed by atoms with van der Waals surface area (Å²) < 4.78 is 1.10. The van der Waals surface area contributed by atoms with Crippen molar-refractivity contribution < 1.29 is 0 Å². The Bertz CT molecular complexity index is 499. The van der Waals surface area contributed by atoms with Crippen LogP contribution in [0.3, 0.4) is 0 Å². The molecule has 0 aliphatic rings. The molecule has 0 atom stereocenters. The molecule has 0 amide bonds. The molecular weight excluding hydrogens is 308 g/mol. The van der Waals surface area contributed by atoms with E-state index < -0.39 is 0 Å². The number of aromatic nitrogens is 1. The SMILES string of the molecule is CCCc1nc(-c2cccc(Br)c2)sc1CNC. The smallest absolute Gasteiger partial charge is 0.123 e. The second-order valence-corrected chi connectivity index (χ2v) is 6.18. The molecule has 0 radical (unpaired) electrons. The van der Waals surface area contributed by atoms with E-state index in [1.807, 2.05) is 13.1 Å². The molecular formula is C14H17BrN2S. The van der Waals surface area contributed by atoms with Gasteiger partial charge in [0, 0.05) is 21.5 Å². The molecule has 1 aromatic carbocycles. The Hall–Kier alpha value is -0.710. The van der Waals surface area contributed by atoms with Gasteiger partial charge in [-0.25, -0.2) is 4.98 Å². The van der Waals surface area contributed by atoms with Gasteiger partial charge >= 0.3 is 0 Å². The van der Waals surface area contributed by atoms with Crippen LogP contribution in [0.15, 0.2) is 28.7 Å². The minimum Gasteiger partial charge on any atom is -0.315 e. The molecule has 0 aliphatic heterocycles. The molecule has 18 heavy (non-hydrogen) atoms. The van der Waals surface area contributed by atoms with Gasteiger partial charge in [0.2, 0.25) is 0 Å². The van der Waals surface area contributed by atoms with Crippen LogP contribution in [0.1, 0.15) is 23.9 Å². The first-order valence-electron chi connectivity index (χ1n) is 6.13. The van der Waals surface area contributed by atoms with Crippen LogP contribution in [0.25, 0.3) is 10.6 Å². The molecule has 0 fully saturated rings. The van der Waals surface area contributed by atoms with Crippen LogP contribution in [0.5, 0.6) is 0 Å². The largest absolute Gasteiger partial charge is 0.315 e. The summed E-state index contributed by atoms with van der Waals surface area (Å²) in [5.41, 5.74) is 2.43. The van der Waals surface area contributed by atoms with Crippen molar-refractivity contribution in [2.45, 2.75) is 26.3 Å². The van der Waals surface area contributed by atoms with E-state index in [4.69, 9.17) is 4.98 Å². The maximum absolute atomic E-state index is 4.79. The Balaban J connectivity index is 2.36. The van der Waals surface area contributed by atoms with Gasteiger partial charge in [-0.3, -0.25) is 0 Å². The van der Waals surface area contributed by atoms with Gasteiger partial charge in [-0.1, -0.05) is 41.4 Å². The standard InChI is InChI=1S/C14H17BrN2S/c1-3-5-12-13(9-16-2)18-14(17-12)10-6-4-7-11(15)8-10/h4,6-8,16H,3,5,9H2,1-2H3. The zero-order chi connectivity index (χ0) is 13.0. The molecule has 0 saturated heterocycles. The van der Waals surface area contributed by atoms with Crippen molar-refractivity contribution in [3.8, 4) is 10.6 Å². The van der Waals surface area contributed by atoms with Gasteiger partial charge in [0.25, 0.3) is 0 Å². The first-order valence-corrected chi connectivity index (χ1v) is 7.74. The Morgan fingerprint density at radius 1 is 1.39 bits per heavy atom. The fourth-order valence-corrected chi connectivity index (χ4v) is 3.37. The molecule has 0 aliphatic carbocycles. The van der Waals surface area contributed by atoms with Gasteiger partial charge in [-0.05, 0) is 25.6 Å². The quantitative estimate of drug-likeness (QED) is 0.889. The van der Waals surface area contributed by atoms with E-state index in [0.717, 1.165) is 28.9 Å². The number of benzene rings is 1. The lowest BCUT2D eigenvalue weighted by Gasteiger charge is -1.98. The van der Waals surface area contributed by atoms with Gasteiger partial charge in [-0.2, -0.15) is 0 Å². The van der Waals surface area contributed by atoms with Gasteiger partial charge < -0.3 is 5.32 Å². The Kier molecular flexibility index (Phi) is 4.92. The van der Waals surface area contributed by atoms with Crippen molar-refractivity contribution >= 4 is 27.3 Å². The molecule has 1 aromatic heterocycles. The van der Waals surface area contributed by atoms with Crippen LogP contribution in [0.4, 0.5) is 0 Å². The fourth-order valence-electron chi connectivity index (χ4n) is 1.86. The third-order valence-electron chi connectivity index (χ3n) is 2.67. The number of aryl methyl sites for hydroxylation is 1. The lowest BCUT2D eigenvalue weighted by molar-refractivity contribution is 0.798. The van der Waals surface area contributed by atoms with Crippen LogP contribution in [-0.4, -0.2) is 12.0 Å². The van der Waals surface area contributed by atoms with Crippen LogP contribution in [0.2, 0.25) is 0 Å². The molecule has 1 N–H and O–H groups in total. The van der Waals surface area contributed by atoms with E-state index in [0.29, 0.717) is 0 Å². The summed E-state index contributed by atoms with van der Waals surface area (Å²) >= 11 is 5.30. The molecule has 0 spiro atoms. The first-order chi connectivity index (χ1) is 8.74. The van der Waals surface area contributed by atoms with Crippen LogP contribution in [0, 0.1) is 0 Å². The lowest BCUT2D eigenvalue weighted by atomic mass is 10.2. The molecule has 1 heterocycles. The highest BCUT2D eigenvalue weighted by Gasteiger charge is 2.11. The molecule has 96 valence electrons. The molecule has 0 unspecified atom stereocenters. The minimum atomic E-state index is 0.904. The number of rotatable bonds is 5. The molecule has 0 bridgehead atoms. The summed E-state index contributed by atoms with van der Waals surface area (Å²) in [5.74, 6) is 0. The zero-order valence-corrected chi connectivity index (χ0v) is 13.1. The van der Waals surface area contributed by atoms with Crippen molar-refractivity contribution in [3.63, 3.8) is 0 Å². The van der Waals surface area contributed by atoms with Gasteiger partial charge in [0.05, 0.1) is 5.69 Å². The summed E-state index contributed by atoms with van der Waals surface area (Å²) in [6.07, 6.45) is 2.19. The maximum atomic E-state index is 4.79. The maximum Gasteiger partial charge on any atom is 0.123 e. The van der Waals surface area contributed by atoms with Crippen molar-refractivity contribution in [1.82, 2.24) is 10.3 Å². The van der Waals surface area contributed by atoms with Crippen LogP contribution in [-0.2, 0) is 13.0 Å². The number of hydrogen-bond acceptors (Lipinski definition) is 3. The summed E-state index contributed by atoms with van der Waals surface area (Å²) in [4.78, 5) is 6.14. The summed E-state index contributed by atoms with van der Waals surface area (Å²) in [5, 5.41) is 4.34. The second-order valence-electron chi connectivity index (χ2n) is 4.18. The second kappa shape index (κ2) is 6.45. The molecule has 2 nitrogen and oxygen atoms in total. The van der Waals surface area contributed by atoms with Crippen molar-refractivity contribution in [3.05, 3.63) is 39.3 Å². The third kappa shape index (κ3) is 3.19. The Morgan fingerprint density at radius 2 is 2.22 bits per heavy atom. The van der Waals surface area contributed by atoms with E-state index in [9.17, 15) is 0 Å². The van der Waals surface area contributed by atoms with E-state index in [2.05, 4.69) is 46.4 Å².